The van der Waals surface area contributed by atoms with E-state index in [4.69, 9.17) is 4.98 Å². The summed E-state index contributed by atoms with van der Waals surface area (Å²) in [4.78, 5) is 17.2. The number of pyridine rings is 1. The lowest BCUT2D eigenvalue weighted by Crippen LogP contribution is -2.20. The Balaban J connectivity index is 1.80. The number of nitrogens with zero attached hydrogens (tertiary/aromatic N) is 1. The summed E-state index contributed by atoms with van der Waals surface area (Å²) in [6, 6.07) is 20.3. The van der Waals surface area contributed by atoms with E-state index in [0.717, 1.165) is 28.6 Å². The van der Waals surface area contributed by atoms with Crippen LogP contribution in [0, 0.1) is 0 Å². The van der Waals surface area contributed by atoms with E-state index < -0.39 is 0 Å². The molecule has 21 heavy (non-hydrogen) atoms. The Morgan fingerprint density at radius 2 is 1.67 bits per heavy atom. The van der Waals surface area contributed by atoms with Gasteiger partial charge < -0.3 is 0 Å². The lowest BCUT2D eigenvalue weighted by Gasteiger charge is -2.23. The monoisotopic (exact) mass is 273 g/mol. The molecule has 1 unspecified atom stereocenters. The van der Waals surface area contributed by atoms with Crippen LogP contribution in [0.15, 0.2) is 60.7 Å². The second-order valence-electron chi connectivity index (χ2n) is 5.61. The van der Waals surface area contributed by atoms with Crippen molar-refractivity contribution in [2.45, 2.75) is 18.8 Å². The Labute approximate surface area is 123 Å². The largest absolute Gasteiger partial charge is 0.294 e. The molecule has 0 aliphatic heterocycles. The number of carbonyl (C=O) groups excluding carboxylic acids is 1. The van der Waals surface area contributed by atoms with E-state index in [1.165, 1.54) is 5.56 Å². The molecule has 1 aliphatic rings. The number of aromatic nitrogens is 1. The van der Waals surface area contributed by atoms with Crippen molar-refractivity contribution >= 4 is 16.7 Å². The number of hydrogen-bond donors (Lipinski definition) is 0. The van der Waals surface area contributed by atoms with Crippen LogP contribution in [0.2, 0.25) is 0 Å². The molecule has 0 bridgehead atoms. The fourth-order valence-corrected chi connectivity index (χ4v) is 3.15. The van der Waals surface area contributed by atoms with Gasteiger partial charge in [-0.2, -0.15) is 0 Å². The van der Waals surface area contributed by atoms with Crippen molar-refractivity contribution in [3.05, 3.63) is 77.5 Å². The van der Waals surface area contributed by atoms with Gasteiger partial charge in [0.05, 0.1) is 11.2 Å². The van der Waals surface area contributed by atoms with Gasteiger partial charge >= 0.3 is 0 Å². The van der Waals surface area contributed by atoms with E-state index >= 15 is 0 Å². The van der Waals surface area contributed by atoms with Crippen molar-refractivity contribution < 1.29 is 4.79 Å². The zero-order valence-corrected chi connectivity index (χ0v) is 11.6. The Kier molecular flexibility index (Phi) is 2.81. The molecule has 2 aromatic carbocycles. The van der Waals surface area contributed by atoms with Gasteiger partial charge in [0.15, 0.2) is 5.78 Å². The molecule has 0 saturated heterocycles. The van der Waals surface area contributed by atoms with E-state index in [2.05, 4.69) is 12.1 Å². The topological polar surface area (TPSA) is 30.0 Å². The summed E-state index contributed by atoms with van der Waals surface area (Å²) in [6.45, 7) is 0. The van der Waals surface area contributed by atoms with E-state index in [0.29, 0.717) is 6.42 Å². The number of rotatable bonds is 1. The van der Waals surface area contributed by atoms with E-state index in [1.54, 1.807) is 0 Å². The van der Waals surface area contributed by atoms with Crippen LogP contribution in [0.5, 0.6) is 0 Å². The molecule has 0 amide bonds. The first kappa shape index (κ1) is 12.3. The maximum atomic E-state index is 12.5. The van der Waals surface area contributed by atoms with Crippen LogP contribution in [0.25, 0.3) is 10.9 Å². The van der Waals surface area contributed by atoms with Gasteiger partial charge in [0.25, 0.3) is 0 Å². The minimum Gasteiger partial charge on any atom is -0.294 e. The SMILES string of the molecule is O=C1CC(c2ccccc2)Cc2nc3ccccc3cc21. The highest BCUT2D eigenvalue weighted by molar-refractivity contribution is 6.01. The van der Waals surface area contributed by atoms with Crippen LogP contribution < -0.4 is 0 Å². The van der Waals surface area contributed by atoms with Crippen molar-refractivity contribution in [3.8, 4) is 0 Å². The standard InChI is InChI=1S/C19H15NO/c21-19-12-15(13-6-2-1-3-7-13)11-18-16(19)10-14-8-4-5-9-17(14)20-18/h1-10,15H,11-12H2. The minimum absolute atomic E-state index is 0.211. The molecule has 0 radical (unpaired) electrons. The number of ketones is 1. The van der Waals surface area contributed by atoms with Crippen molar-refractivity contribution in [2.24, 2.45) is 0 Å². The smallest absolute Gasteiger partial charge is 0.165 e. The van der Waals surface area contributed by atoms with E-state index in [1.807, 2.05) is 48.5 Å². The summed E-state index contributed by atoms with van der Waals surface area (Å²) in [5.41, 5.74) is 3.95. The molecule has 4 rings (SSSR count). The third kappa shape index (κ3) is 2.13. The van der Waals surface area contributed by atoms with Gasteiger partial charge in [-0.1, -0.05) is 48.5 Å². The van der Waals surface area contributed by atoms with E-state index in [9.17, 15) is 4.79 Å². The number of para-hydroxylation sites is 1. The normalized spacial score (nSPS) is 17.7. The van der Waals surface area contributed by atoms with Crippen LogP contribution in [-0.4, -0.2) is 10.8 Å². The molecule has 3 aromatic rings. The molecule has 102 valence electrons. The van der Waals surface area contributed by atoms with Crippen LogP contribution >= 0.6 is 0 Å². The summed E-state index contributed by atoms with van der Waals surface area (Å²) in [6.07, 6.45) is 1.42. The quantitative estimate of drug-likeness (QED) is 0.666. The first-order valence-electron chi connectivity index (χ1n) is 7.28. The van der Waals surface area contributed by atoms with Gasteiger partial charge in [0, 0.05) is 17.4 Å². The van der Waals surface area contributed by atoms with Crippen molar-refractivity contribution in [3.63, 3.8) is 0 Å². The summed E-state index contributed by atoms with van der Waals surface area (Å²) in [5.74, 6) is 0.461. The maximum Gasteiger partial charge on any atom is 0.165 e. The molecule has 1 heterocycles. The number of hydrogen-bond acceptors (Lipinski definition) is 2. The summed E-state index contributed by atoms with van der Waals surface area (Å²) in [7, 11) is 0. The fourth-order valence-electron chi connectivity index (χ4n) is 3.15. The Morgan fingerprint density at radius 3 is 2.52 bits per heavy atom. The minimum atomic E-state index is 0.211. The highest BCUT2D eigenvalue weighted by atomic mass is 16.1. The molecule has 0 N–H and O–H groups in total. The molecule has 2 heteroatoms. The van der Waals surface area contributed by atoms with Crippen molar-refractivity contribution in [2.75, 3.05) is 0 Å². The summed E-state index contributed by atoms with van der Waals surface area (Å²) in [5, 5.41) is 1.04. The van der Waals surface area contributed by atoms with Gasteiger partial charge in [-0.25, -0.2) is 0 Å². The fraction of sp³-hybridized carbons (Fsp3) is 0.158. The van der Waals surface area contributed by atoms with Gasteiger partial charge in [0.1, 0.15) is 0 Å². The molecule has 1 aliphatic carbocycles. The Bertz CT molecular complexity index is 823. The lowest BCUT2D eigenvalue weighted by atomic mass is 9.81. The molecule has 0 spiro atoms. The van der Waals surface area contributed by atoms with Crippen molar-refractivity contribution in [1.82, 2.24) is 4.98 Å². The van der Waals surface area contributed by atoms with Gasteiger partial charge in [-0.15, -0.1) is 0 Å². The molecule has 0 saturated carbocycles. The van der Waals surface area contributed by atoms with Gasteiger partial charge in [0.2, 0.25) is 0 Å². The van der Waals surface area contributed by atoms with Gasteiger partial charge in [-0.3, -0.25) is 9.78 Å². The summed E-state index contributed by atoms with van der Waals surface area (Å²) >= 11 is 0. The number of carbonyl (C=O) groups is 1. The molecule has 1 atom stereocenters. The maximum absolute atomic E-state index is 12.5. The molecule has 1 aromatic heterocycles. The first-order chi connectivity index (χ1) is 10.3. The second-order valence-corrected chi connectivity index (χ2v) is 5.61. The van der Waals surface area contributed by atoms with Crippen LogP contribution in [-0.2, 0) is 6.42 Å². The third-order valence-electron chi connectivity index (χ3n) is 4.25. The average molecular weight is 273 g/mol. The predicted octanol–water partition coefficient (Wildman–Crippen LogP) is 4.15. The highest BCUT2D eigenvalue weighted by Gasteiger charge is 2.27. The number of fused-ring (bicyclic) bond motifs is 2. The zero-order valence-electron chi connectivity index (χ0n) is 11.6. The zero-order chi connectivity index (χ0) is 14.2. The Hall–Kier alpha value is -2.48. The third-order valence-corrected chi connectivity index (χ3v) is 4.25. The van der Waals surface area contributed by atoms with Crippen molar-refractivity contribution in [1.29, 1.82) is 0 Å². The number of benzene rings is 2. The van der Waals surface area contributed by atoms with Crippen LogP contribution in [0.3, 0.4) is 0 Å². The highest BCUT2D eigenvalue weighted by Crippen LogP contribution is 2.33. The predicted molar refractivity (Wildman–Crippen MR) is 83.6 cm³/mol. The number of Topliss-reactive ketones (excluding diaryl/α,β-unsaturated/α-hetero) is 1. The van der Waals surface area contributed by atoms with Crippen LogP contribution in [0.1, 0.15) is 34.0 Å². The molecular formula is C19H15NO. The van der Waals surface area contributed by atoms with E-state index in [-0.39, 0.29) is 11.7 Å². The van der Waals surface area contributed by atoms with Gasteiger partial charge in [-0.05, 0) is 30.0 Å². The molecule has 0 fully saturated rings. The Morgan fingerprint density at radius 1 is 0.905 bits per heavy atom. The molecular weight excluding hydrogens is 258 g/mol. The molecule has 2 nitrogen and oxygen atoms in total. The van der Waals surface area contributed by atoms with Crippen LogP contribution in [0.4, 0.5) is 0 Å². The lowest BCUT2D eigenvalue weighted by molar-refractivity contribution is 0.0963. The summed E-state index contributed by atoms with van der Waals surface area (Å²) < 4.78 is 0. The average Bonchev–Trinajstić information content (AvgIpc) is 2.54. The second kappa shape index (κ2) is 4.81. The first-order valence-corrected chi connectivity index (χ1v) is 7.28.